The summed E-state index contributed by atoms with van der Waals surface area (Å²) in [6.07, 6.45) is 5.33. The monoisotopic (exact) mass is 221 g/mol. The molecule has 0 aliphatic carbocycles. The van der Waals surface area contributed by atoms with Crippen LogP contribution in [0.5, 0.6) is 0 Å². The van der Waals surface area contributed by atoms with Crippen LogP contribution in [-0.4, -0.2) is 35.1 Å². The van der Waals surface area contributed by atoms with Gasteiger partial charge in [-0.05, 0) is 19.8 Å². The minimum Gasteiger partial charge on any atom is -0.376 e. The number of carbonyl (C=O) groups is 1. The summed E-state index contributed by atoms with van der Waals surface area (Å²) in [5.74, 6) is -0.188. The number of nitrogens with zero attached hydrogens (tertiary/aromatic N) is 2. The van der Waals surface area contributed by atoms with Gasteiger partial charge >= 0.3 is 0 Å². The average molecular weight is 221 g/mol. The maximum Gasteiger partial charge on any atom is 0.271 e. The van der Waals surface area contributed by atoms with E-state index >= 15 is 0 Å². The smallest absolute Gasteiger partial charge is 0.271 e. The van der Waals surface area contributed by atoms with Crippen LogP contribution in [0.15, 0.2) is 12.4 Å². The molecule has 0 bridgehead atoms. The van der Waals surface area contributed by atoms with E-state index in [1.165, 1.54) is 6.20 Å². The van der Waals surface area contributed by atoms with Gasteiger partial charge in [0, 0.05) is 19.3 Å². The van der Waals surface area contributed by atoms with Crippen LogP contribution in [0.1, 0.15) is 29.0 Å². The van der Waals surface area contributed by atoms with Crippen LogP contribution in [0.2, 0.25) is 0 Å². The second-order valence-corrected chi connectivity index (χ2v) is 3.89. The molecular formula is C11H15N3O2. The molecule has 0 radical (unpaired) electrons. The summed E-state index contributed by atoms with van der Waals surface area (Å²) in [6.45, 7) is 3.16. The van der Waals surface area contributed by atoms with Gasteiger partial charge in [-0.1, -0.05) is 0 Å². The van der Waals surface area contributed by atoms with Crippen molar-refractivity contribution in [1.29, 1.82) is 0 Å². The van der Waals surface area contributed by atoms with E-state index in [1.807, 2.05) is 6.92 Å². The molecule has 5 heteroatoms. The van der Waals surface area contributed by atoms with Crippen LogP contribution in [0.3, 0.4) is 0 Å². The Bertz CT molecular complexity index is 375. The topological polar surface area (TPSA) is 64.1 Å². The van der Waals surface area contributed by atoms with Crippen molar-refractivity contribution in [3.63, 3.8) is 0 Å². The number of rotatable bonds is 3. The van der Waals surface area contributed by atoms with Gasteiger partial charge < -0.3 is 10.1 Å². The van der Waals surface area contributed by atoms with Crippen molar-refractivity contribution in [3.05, 3.63) is 23.8 Å². The molecule has 2 rings (SSSR count). The lowest BCUT2D eigenvalue weighted by Crippen LogP contribution is -2.32. The maximum atomic E-state index is 11.7. The normalized spacial score (nSPS) is 19.7. The highest BCUT2D eigenvalue weighted by molar-refractivity contribution is 5.91. The second kappa shape index (κ2) is 5.03. The third-order valence-electron chi connectivity index (χ3n) is 2.50. The largest absolute Gasteiger partial charge is 0.376 e. The number of amides is 1. The first-order valence-corrected chi connectivity index (χ1v) is 5.44. The van der Waals surface area contributed by atoms with Crippen molar-refractivity contribution in [3.8, 4) is 0 Å². The summed E-state index contributed by atoms with van der Waals surface area (Å²) >= 11 is 0. The Hall–Kier alpha value is -1.49. The van der Waals surface area contributed by atoms with Gasteiger partial charge in [0.15, 0.2) is 0 Å². The number of nitrogens with one attached hydrogen (secondary N) is 1. The van der Waals surface area contributed by atoms with Crippen molar-refractivity contribution >= 4 is 5.91 Å². The molecule has 5 nitrogen and oxygen atoms in total. The van der Waals surface area contributed by atoms with E-state index in [0.29, 0.717) is 12.2 Å². The Balaban J connectivity index is 1.87. The molecule has 1 aromatic rings. The van der Waals surface area contributed by atoms with Gasteiger partial charge in [-0.3, -0.25) is 9.78 Å². The molecule has 2 heterocycles. The van der Waals surface area contributed by atoms with Crippen LogP contribution in [-0.2, 0) is 4.74 Å². The summed E-state index contributed by atoms with van der Waals surface area (Å²) in [5, 5.41) is 2.80. The molecule has 0 saturated carbocycles. The molecule has 1 amide bonds. The summed E-state index contributed by atoms with van der Waals surface area (Å²) < 4.78 is 5.41. The second-order valence-electron chi connectivity index (χ2n) is 3.89. The molecule has 1 aliphatic rings. The molecule has 86 valence electrons. The van der Waals surface area contributed by atoms with Crippen LogP contribution in [0.4, 0.5) is 0 Å². The van der Waals surface area contributed by atoms with E-state index < -0.39 is 0 Å². The molecule has 1 saturated heterocycles. The van der Waals surface area contributed by atoms with E-state index in [0.717, 1.165) is 25.1 Å². The highest BCUT2D eigenvalue weighted by Gasteiger charge is 2.17. The first kappa shape index (κ1) is 11.0. The van der Waals surface area contributed by atoms with Crippen molar-refractivity contribution in [2.45, 2.75) is 25.9 Å². The Labute approximate surface area is 94.2 Å². The van der Waals surface area contributed by atoms with Gasteiger partial charge in [0.2, 0.25) is 0 Å². The van der Waals surface area contributed by atoms with Gasteiger partial charge in [0.1, 0.15) is 5.69 Å². The summed E-state index contributed by atoms with van der Waals surface area (Å²) in [4.78, 5) is 19.7. The minimum absolute atomic E-state index is 0.154. The molecule has 1 aromatic heterocycles. The SMILES string of the molecule is Cc1cncc(C(=O)NCC2CCCO2)n1. The first-order chi connectivity index (χ1) is 7.75. The predicted octanol–water partition coefficient (Wildman–Crippen LogP) is 0.694. The third kappa shape index (κ3) is 2.76. The lowest BCUT2D eigenvalue weighted by molar-refractivity contribution is 0.0853. The van der Waals surface area contributed by atoms with Crippen LogP contribution in [0.25, 0.3) is 0 Å². The van der Waals surface area contributed by atoms with Crippen LogP contribution >= 0.6 is 0 Å². The molecular weight excluding hydrogens is 206 g/mol. The standard InChI is InChI=1S/C11H15N3O2/c1-8-5-12-7-10(14-8)11(15)13-6-9-3-2-4-16-9/h5,7,9H,2-4,6H2,1H3,(H,13,15). The number of ether oxygens (including phenoxy) is 1. The first-order valence-electron chi connectivity index (χ1n) is 5.44. The number of aromatic nitrogens is 2. The molecule has 16 heavy (non-hydrogen) atoms. The van der Waals surface area contributed by atoms with E-state index in [9.17, 15) is 4.79 Å². The zero-order valence-corrected chi connectivity index (χ0v) is 9.27. The van der Waals surface area contributed by atoms with E-state index in [2.05, 4.69) is 15.3 Å². The zero-order valence-electron chi connectivity index (χ0n) is 9.27. The van der Waals surface area contributed by atoms with E-state index in [1.54, 1.807) is 6.20 Å². The predicted molar refractivity (Wildman–Crippen MR) is 58.1 cm³/mol. The lowest BCUT2D eigenvalue weighted by Gasteiger charge is -2.10. The number of carbonyl (C=O) groups excluding carboxylic acids is 1. The van der Waals surface area contributed by atoms with E-state index in [-0.39, 0.29) is 12.0 Å². The minimum atomic E-state index is -0.188. The van der Waals surface area contributed by atoms with Gasteiger partial charge in [0.25, 0.3) is 5.91 Å². The summed E-state index contributed by atoms with van der Waals surface area (Å²) in [5.41, 5.74) is 1.10. The van der Waals surface area contributed by atoms with Crippen molar-refractivity contribution in [2.75, 3.05) is 13.2 Å². The highest BCUT2D eigenvalue weighted by Crippen LogP contribution is 2.10. The highest BCUT2D eigenvalue weighted by atomic mass is 16.5. The molecule has 1 unspecified atom stereocenters. The van der Waals surface area contributed by atoms with Crippen LogP contribution in [0, 0.1) is 6.92 Å². The Morgan fingerprint density at radius 3 is 3.19 bits per heavy atom. The molecule has 1 N–H and O–H groups in total. The molecule has 1 atom stereocenters. The Kier molecular flexibility index (Phi) is 3.46. The van der Waals surface area contributed by atoms with Crippen LogP contribution < -0.4 is 5.32 Å². The van der Waals surface area contributed by atoms with Crippen molar-refractivity contribution < 1.29 is 9.53 Å². The molecule has 0 aromatic carbocycles. The van der Waals surface area contributed by atoms with Gasteiger partial charge in [-0.2, -0.15) is 0 Å². The summed E-state index contributed by atoms with van der Waals surface area (Å²) in [7, 11) is 0. The fourth-order valence-electron chi connectivity index (χ4n) is 1.68. The zero-order chi connectivity index (χ0) is 11.4. The number of hydrogen-bond donors (Lipinski definition) is 1. The summed E-state index contributed by atoms with van der Waals surface area (Å²) in [6, 6.07) is 0. The van der Waals surface area contributed by atoms with Crippen molar-refractivity contribution in [1.82, 2.24) is 15.3 Å². The molecule has 0 spiro atoms. The number of aryl methyl sites for hydroxylation is 1. The quantitative estimate of drug-likeness (QED) is 0.815. The van der Waals surface area contributed by atoms with Crippen molar-refractivity contribution in [2.24, 2.45) is 0 Å². The Morgan fingerprint density at radius 1 is 1.62 bits per heavy atom. The fourth-order valence-corrected chi connectivity index (χ4v) is 1.68. The van der Waals surface area contributed by atoms with Gasteiger partial charge in [-0.15, -0.1) is 0 Å². The average Bonchev–Trinajstić information content (AvgIpc) is 2.78. The molecule has 1 fully saturated rings. The number of hydrogen-bond acceptors (Lipinski definition) is 4. The van der Waals surface area contributed by atoms with E-state index in [4.69, 9.17) is 4.74 Å². The lowest BCUT2D eigenvalue weighted by atomic mass is 10.2. The molecule has 1 aliphatic heterocycles. The third-order valence-corrected chi connectivity index (χ3v) is 2.50. The van der Waals surface area contributed by atoms with Gasteiger partial charge in [0.05, 0.1) is 18.0 Å². The fraction of sp³-hybridized carbons (Fsp3) is 0.545. The Morgan fingerprint density at radius 2 is 2.50 bits per heavy atom. The van der Waals surface area contributed by atoms with Gasteiger partial charge in [-0.25, -0.2) is 4.98 Å². The maximum absolute atomic E-state index is 11.7.